The molecule has 1 aromatic heterocycles. The number of nitrogens with one attached hydrogen (secondary N) is 1. The maximum absolute atomic E-state index is 4.63. The van der Waals surface area contributed by atoms with Gasteiger partial charge < -0.3 is 10.2 Å². The molecule has 3 heteroatoms. The van der Waals surface area contributed by atoms with Gasteiger partial charge in [-0.15, -0.1) is 0 Å². The quantitative estimate of drug-likeness (QED) is 0.763. The first kappa shape index (κ1) is 15.5. The smallest absolute Gasteiger partial charge is 0.0725 e. The molecule has 1 heterocycles. The predicted octanol–water partition coefficient (Wildman–Crippen LogP) is 4.26. The molecular weight excluding hydrogens is 282 g/mol. The molecule has 0 spiro atoms. The van der Waals surface area contributed by atoms with Crippen LogP contribution in [0.5, 0.6) is 0 Å². The Morgan fingerprint density at radius 3 is 2.43 bits per heavy atom. The number of hydrogen-bond acceptors (Lipinski definition) is 3. The van der Waals surface area contributed by atoms with Gasteiger partial charge in [0.25, 0.3) is 0 Å². The Labute approximate surface area is 138 Å². The minimum absolute atomic E-state index is 0.233. The van der Waals surface area contributed by atoms with E-state index in [0.717, 1.165) is 28.8 Å². The lowest BCUT2D eigenvalue weighted by Crippen LogP contribution is -2.25. The van der Waals surface area contributed by atoms with Gasteiger partial charge in [-0.1, -0.05) is 48.5 Å². The molecule has 0 aliphatic heterocycles. The summed E-state index contributed by atoms with van der Waals surface area (Å²) in [4.78, 5) is 6.84. The molecule has 0 amide bonds. The fraction of sp³-hybridized carbons (Fsp3) is 0.250. The first-order valence-corrected chi connectivity index (χ1v) is 7.96. The Hall–Kier alpha value is -2.39. The molecular formula is C20H23N3. The number of anilines is 1. The van der Waals surface area contributed by atoms with Crippen molar-refractivity contribution in [1.82, 2.24) is 9.88 Å². The third-order valence-corrected chi connectivity index (χ3v) is 3.92. The van der Waals surface area contributed by atoms with Crippen molar-refractivity contribution < 1.29 is 0 Å². The van der Waals surface area contributed by atoms with Gasteiger partial charge in [-0.3, -0.25) is 4.98 Å². The molecule has 0 radical (unpaired) electrons. The van der Waals surface area contributed by atoms with E-state index in [-0.39, 0.29) is 6.04 Å². The molecule has 1 unspecified atom stereocenters. The summed E-state index contributed by atoms with van der Waals surface area (Å²) < 4.78 is 0. The third-order valence-electron chi connectivity index (χ3n) is 3.92. The van der Waals surface area contributed by atoms with E-state index >= 15 is 0 Å². The van der Waals surface area contributed by atoms with E-state index in [1.165, 1.54) is 5.56 Å². The summed E-state index contributed by atoms with van der Waals surface area (Å²) in [6.07, 6.45) is 0. The molecule has 0 saturated carbocycles. The molecule has 0 aliphatic carbocycles. The number of pyridine rings is 1. The molecule has 1 N–H and O–H groups in total. The number of likely N-dealkylation sites (N-methyl/N-ethyl adjacent to an activating group) is 1. The fourth-order valence-electron chi connectivity index (χ4n) is 2.90. The second-order valence-corrected chi connectivity index (χ2v) is 6.20. The second kappa shape index (κ2) is 6.80. The van der Waals surface area contributed by atoms with Crippen molar-refractivity contribution in [2.75, 3.05) is 26.0 Å². The molecule has 0 aliphatic rings. The molecule has 118 valence electrons. The van der Waals surface area contributed by atoms with Gasteiger partial charge in [0.15, 0.2) is 0 Å². The zero-order valence-electron chi connectivity index (χ0n) is 14.0. The molecule has 3 nitrogen and oxygen atoms in total. The van der Waals surface area contributed by atoms with E-state index in [0.29, 0.717) is 0 Å². The number of fused-ring (bicyclic) bond motifs is 1. The van der Waals surface area contributed by atoms with Crippen molar-refractivity contribution in [1.29, 1.82) is 0 Å². The first-order chi connectivity index (χ1) is 11.1. The number of benzene rings is 2. The van der Waals surface area contributed by atoms with Crippen LogP contribution in [-0.4, -0.2) is 30.5 Å². The van der Waals surface area contributed by atoms with Gasteiger partial charge in [-0.25, -0.2) is 0 Å². The van der Waals surface area contributed by atoms with E-state index in [1.54, 1.807) is 0 Å². The number of hydrogen-bond donors (Lipinski definition) is 1. The summed E-state index contributed by atoms with van der Waals surface area (Å²) in [5.74, 6) is 0. The predicted molar refractivity (Wildman–Crippen MR) is 97.8 cm³/mol. The Bertz CT molecular complexity index is 781. The van der Waals surface area contributed by atoms with Crippen LogP contribution in [0.25, 0.3) is 10.9 Å². The van der Waals surface area contributed by atoms with Crippen LogP contribution in [0.15, 0.2) is 60.7 Å². The lowest BCUT2D eigenvalue weighted by molar-refractivity contribution is 0.387. The van der Waals surface area contributed by atoms with E-state index in [1.807, 2.05) is 13.0 Å². The molecule has 2 aromatic carbocycles. The van der Waals surface area contributed by atoms with Crippen LogP contribution in [0.3, 0.4) is 0 Å². The van der Waals surface area contributed by atoms with E-state index in [4.69, 9.17) is 0 Å². The van der Waals surface area contributed by atoms with Gasteiger partial charge in [-0.05, 0) is 38.7 Å². The fourth-order valence-corrected chi connectivity index (χ4v) is 2.90. The molecule has 23 heavy (non-hydrogen) atoms. The van der Waals surface area contributed by atoms with Crippen molar-refractivity contribution in [2.24, 2.45) is 0 Å². The average molecular weight is 305 g/mol. The van der Waals surface area contributed by atoms with E-state index < -0.39 is 0 Å². The van der Waals surface area contributed by atoms with Crippen LogP contribution in [0.2, 0.25) is 0 Å². The van der Waals surface area contributed by atoms with Crippen molar-refractivity contribution in [2.45, 2.75) is 13.0 Å². The lowest BCUT2D eigenvalue weighted by Gasteiger charge is -2.25. The zero-order chi connectivity index (χ0) is 16.2. The van der Waals surface area contributed by atoms with Crippen molar-refractivity contribution >= 4 is 16.6 Å². The number of aryl methyl sites for hydroxylation is 1. The SMILES string of the molecule is Cc1cc(NC(CN(C)C)c2ccccc2)c2ccccc2n1. The summed E-state index contributed by atoms with van der Waals surface area (Å²) in [6.45, 7) is 2.97. The van der Waals surface area contributed by atoms with Gasteiger partial charge in [0.1, 0.15) is 0 Å². The summed E-state index contributed by atoms with van der Waals surface area (Å²) in [5.41, 5.74) is 4.50. The Balaban J connectivity index is 2.00. The molecule has 0 saturated heterocycles. The number of nitrogens with zero attached hydrogens (tertiary/aromatic N) is 2. The van der Waals surface area contributed by atoms with Crippen molar-refractivity contribution in [3.05, 3.63) is 71.9 Å². The summed E-state index contributed by atoms with van der Waals surface area (Å²) in [7, 11) is 4.21. The maximum atomic E-state index is 4.63. The molecule has 0 bridgehead atoms. The maximum Gasteiger partial charge on any atom is 0.0725 e. The van der Waals surface area contributed by atoms with Gasteiger partial charge in [0.2, 0.25) is 0 Å². The molecule has 1 atom stereocenters. The lowest BCUT2D eigenvalue weighted by atomic mass is 10.0. The summed E-state index contributed by atoms with van der Waals surface area (Å²) in [6, 6.07) is 21.3. The van der Waals surface area contributed by atoms with Crippen LogP contribution in [0.1, 0.15) is 17.3 Å². The number of para-hydroxylation sites is 1. The highest BCUT2D eigenvalue weighted by Gasteiger charge is 2.14. The van der Waals surface area contributed by atoms with Gasteiger partial charge in [0, 0.05) is 23.3 Å². The largest absolute Gasteiger partial charge is 0.376 e. The van der Waals surface area contributed by atoms with Crippen LogP contribution in [-0.2, 0) is 0 Å². The highest BCUT2D eigenvalue weighted by Crippen LogP contribution is 2.27. The molecule has 3 aromatic rings. The third kappa shape index (κ3) is 3.69. The monoisotopic (exact) mass is 305 g/mol. The Kier molecular flexibility index (Phi) is 4.58. The van der Waals surface area contributed by atoms with Gasteiger partial charge >= 0.3 is 0 Å². The molecule has 3 rings (SSSR count). The second-order valence-electron chi connectivity index (χ2n) is 6.20. The number of aromatic nitrogens is 1. The minimum Gasteiger partial charge on any atom is -0.376 e. The van der Waals surface area contributed by atoms with Crippen molar-refractivity contribution in [3.63, 3.8) is 0 Å². The Morgan fingerprint density at radius 2 is 1.70 bits per heavy atom. The topological polar surface area (TPSA) is 28.2 Å². The highest BCUT2D eigenvalue weighted by molar-refractivity contribution is 5.91. The summed E-state index contributed by atoms with van der Waals surface area (Å²) >= 11 is 0. The van der Waals surface area contributed by atoms with Crippen LogP contribution < -0.4 is 5.32 Å². The van der Waals surface area contributed by atoms with Crippen LogP contribution in [0, 0.1) is 6.92 Å². The van der Waals surface area contributed by atoms with Gasteiger partial charge in [-0.2, -0.15) is 0 Å². The minimum atomic E-state index is 0.233. The van der Waals surface area contributed by atoms with E-state index in [2.05, 4.69) is 83.9 Å². The number of rotatable bonds is 5. The average Bonchev–Trinajstić information content (AvgIpc) is 2.54. The highest BCUT2D eigenvalue weighted by atomic mass is 15.1. The van der Waals surface area contributed by atoms with E-state index in [9.17, 15) is 0 Å². The first-order valence-electron chi connectivity index (χ1n) is 7.96. The zero-order valence-corrected chi connectivity index (χ0v) is 14.0. The summed E-state index contributed by atoms with van der Waals surface area (Å²) in [5, 5.41) is 4.89. The standard InChI is InChI=1S/C20H23N3/c1-15-13-19(17-11-7-8-12-18(17)21-15)22-20(14-23(2)3)16-9-5-4-6-10-16/h4-13,20H,14H2,1-3H3,(H,21,22). The molecule has 0 fully saturated rings. The van der Waals surface area contributed by atoms with Gasteiger partial charge in [0.05, 0.1) is 11.6 Å². The van der Waals surface area contributed by atoms with Crippen LogP contribution >= 0.6 is 0 Å². The van der Waals surface area contributed by atoms with Crippen molar-refractivity contribution in [3.8, 4) is 0 Å². The normalized spacial score (nSPS) is 12.5. The Morgan fingerprint density at radius 1 is 1.00 bits per heavy atom. The van der Waals surface area contributed by atoms with Crippen LogP contribution in [0.4, 0.5) is 5.69 Å².